The fourth-order valence-corrected chi connectivity index (χ4v) is 4.65. The normalized spacial score (nSPS) is 22.5. The molecule has 0 aromatic heterocycles. The van der Waals surface area contributed by atoms with E-state index >= 15 is 0 Å². The van der Waals surface area contributed by atoms with Crippen LogP contribution in [0.5, 0.6) is 0 Å². The van der Waals surface area contributed by atoms with Crippen molar-refractivity contribution >= 4 is 9.84 Å². The molecule has 2 aromatic carbocycles. The van der Waals surface area contributed by atoms with Crippen LogP contribution >= 0.6 is 0 Å². The summed E-state index contributed by atoms with van der Waals surface area (Å²) in [7, 11) is -3.48. The minimum atomic E-state index is -3.48. The van der Waals surface area contributed by atoms with E-state index in [0.717, 1.165) is 6.42 Å². The van der Waals surface area contributed by atoms with Gasteiger partial charge >= 0.3 is 0 Å². The van der Waals surface area contributed by atoms with Crippen molar-refractivity contribution in [3.8, 4) is 0 Å². The van der Waals surface area contributed by atoms with Crippen LogP contribution in [0.25, 0.3) is 0 Å². The van der Waals surface area contributed by atoms with Crippen LogP contribution in [0.4, 0.5) is 0 Å². The number of rotatable bonds is 4. The van der Waals surface area contributed by atoms with E-state index in [-0.39, 0.29) is 6.04 Å². The maximum Gasteiger partial charge on any atom is 0.204 e. The molecule has 3 rings (SSSR count). The van der Waals surface area contributed by atoms with Gasteiger partial charge in [-0.05, 0) is 44.4 Å². The zero-order valence-corrected chi connectivity index (χ0v) is 16.1. The molecule has 1 unspecified atom stereocenters. The lowest BCUT2D eigenvalue weighted by Crippen LogP contribution is -2.30. The molecule has 0 amide bonds. The van der Waals surface area contributed by atoms with Gasteiger partial charge in [0.25, 0.3) is 0 Å². The molecule has 1 aliphatic rings. The van der Waals surface area contributed by atoms with E-state index < -0.39 is 9.84 Å². The molecule has 1 heterocycles. The third-order valence-corrected chi connectivity index (χ3v) is 6.82. The molecule has 0 fully saturated rings. The third-order valence-electron chi connectivity index (χ3n) is 4.93. The number of benzene rings is 2. The van der Waals surface area contributed by atoms with Crippen LogP contribution in [0.2, 0.25) is 0 Å². The summed E-state index contributed by atoms with van der Waals surface area (Å²) in [5, 5.41) is 0. The highest BCUT2D eigenvalue weighted by atomic mass is 32.2. The van der Waals surface area contributed by atoms with Crippen LogP contribution in [0.15, 0.2) is 88.3 Å². The van der Waals surface area contributed by atoms with Gasteiger partial charge in [0.05, 0.1) is 9.80 Å². The first-order valence-corrected chi connectivity index (χ1v) is 10.4. The Kier molecular flexibility index (Phi) is 5.62. The minimum Gasteiger partial charge on any atom is -0.366 e. The highest BCUT2D eigenvalue weighted by Gasteiger charge is 2.24. The van der Waals surface area contributed by atoms with Gasteiger partial charge in [0, 0.05) is 18.8 Å². The maximum absolute atomic E-state index is 13.1. The van der Waals surface area contributed by atoms with Gasteiger partial charge in [0.2, 0.25) is 9.84 Å². The maximum atomic E-state index is 13.1. The number of hydrogen-bond acceptors (Lipinski definition) is 3. The van der Waals surface area contributed by atoms with Crippen LogP contribution in [0, 0.1) is 0 Å². The Morgan fingerprint density at radius 2 is 1.62 bits per heavy atom. The fraction of sp³-hybridized carbons (Fsp3) is 0.273. The SMILES string of the molecule is C/C1=C/CC/C(S(=O)(=O)c2ccccc2)=C\N(Cc2ccccc2)C1C. The number of hydrogen-bond donors (Lipinski definition) is 0. The largest absolute Gasteiger partial charge is 0.366 e. The Hall–Kier alpha value is -2.33. The summed E-state index contributed by atoms with van der Waals surface area (Å²) in [5.74, 6) is 0. The molecule has 0 aliphatic carbocycles. The van der Waals surface area contributed by atoms with E-state index in [9.17, 15) is 8.42 Å². The molecule has 26 heavy (non-hydrogen) atoms. The van der Waals surface area contributed by atoms with Gasteiger partial charge in [-0.3, -0.25) is 0 Å². The van der Waals surface area contributed by atoms with Crippen molar-refractivity contribution in [2.45, 2.75) is 44.2 Å². The van der Waals surface area contributed by atoms with E-state index in [4.69, 9.17) is 0 Å². The van der Waals surface area contributed by atoms with E-state index in [1.165, 1.54) is 11.1 Å². The molecule has 0 N–H and O–H groups in total. The third kappa shape index (κ3) is 4.07. The highest BCUT2D eigenvalue weighted by molar-refractivity contribution is 7.95. The van der Waals surface area contributed by atoms with E-state index in [1.54, 1.807) is 24.3 Å². The van der Waals surface area contributed by atoms with Crippen molar-refractivity contribution in [3.63, 3.8) is 0 Å². The van der Waals surface area contributed by atoms with E-state index in [2.05, 4.69) is 37.0 Å². The summed E-state index contributed by atoms with van der Waals surface area (Å²) < 4.78 is 26.2. The van der Waals surface area contributed by atoms with E-state index in [0.29, 0.717) is 22.8 Å². The predicted octanol–water partition coefficient (Wildman–Crippen LogP) is 4.93. The van der Waals surface area contributed by atoms with Crippen molar-refractivity contribution in [1.82, 2.24) is 4.90 Å². The van der Waals surface area contributed by atoms with Crippen LogP contribution in [-0.4, -0.2) is 19.4 Å². The van der Waals surface area contributed by atoms with Crippen molar-refractivity contribution in [1.29, 1.82) is 0 Å². The Labute approximate surface area is 156 Å². The van der Waals surface area contributed by atoms with E-state index in [1.807, 2.05) is 30.5 Å². The van der Waals surface area contributed by atoms with Crippen LogP contribution < -0.4 is 0 Å². The second-order valence-electron chi connectivity index (χ2n) is 6.73. The zero-order valence-electron chi connectivity index (χ0n) is 15.3. The van der Waals surface area contributed by atoms with Crippen molar-refractivity contribution in [2.24, 2.45) is 0 Å². The lowest BCUT2D eigenvalue weighted by atomic mass is 10.0. The molecule has 0 saturated carbocycles. The predicted molar refractivity (Wildman–Crippen MR) is 106 cm³/mol. The quantitative estimate of drug-likeness (QED) is 0.719. The molecule has 0 saturated heterocycles. The Bertz CT molecular complexity index is 900. The molecule has 3 nitrogen and oxygen atoms in total. The Morgan fingerprint density at radius 1 is 1.00 bits per heavy atom. The Morgan fingerprint density at radius 3 is 2.27 bits per heavy atom. The lowest BCUT2D eigenvalue weighted by molar-refractivity contribution is 0.313. The summed E-state index contributed by atoms with van der Waals surface area (Å²) in [5.41, 5.74) is 2.44. The number of nitrogens with zero attached hydrogens (tertiary/aromatic N) is 1. The first kappa shape index (κ1) is 18.5. The number of allylic oxidation sites excluding steroid dienone is 2. The molecule has 1 atom stereocenters. The van der Waals surface area contributed by atoms with Gasteiger partial charge in [-0.1, -0.05) is 60.2 Å². The van der Waals surface area contributed by atoms with Crippen LogP contribution in [-0.2, 0) is 16.4 Å². The molecule has 0 radical (unpaired) electrons. The second kappa shape index (κ2) is 7.92. The van der Waals surface area contributed by atoms with Gasteiger partial charge in [-0.2, -0.15) is 0 Å². The average Bonchev–Trinajstić information content (AvgIpc) is 2.66. The molecule has 136 valence electrons. The summed E-state index contributed by atoms with van der Waals surface area (Å²) in [6, 6.07) is 19.0. The van der Waals surface area contributed by atoms with Crippen LogP contribution in [0.1, 0.15) is 32.3 Å². The lowest BCUT2D eigenvalue weighted by Gasteiger charge is -2.31. The van der Waals surface area contributed by atoms with Gasteiger partial charge in [-0.25, -0.2) is 8.42 Å². The van der Waals surface area contributed by atoms with Gasteiger partial charge in [0.15, 0.2) is 0 Å². The fourth-order valence-electron chi connectivity index (χ4n) is 3.17. The first-order valence-electron chi connectivity index (χ1n) is 8.95. The number of sulfone groups is 1. The molecule has 2 aromatic rings. The molecule has 4 heteroatoms. The van der Waals surface area contributed by atoms with Crippen molar-refractivity contribution in [3.05, 3.63) is 89.0 Å². The monoisotopic (exact) mass is 367 g/mol. The molecular formula is C22H25NO2S. The Balaban J connectivity index is 1.99. The van der Waals surface area contributed by atoms with Gasteiger partial charge < -0.3 is 4.90 Å². The molecule has 0 bridgehead atoms. The smallest absolute Gasteiger partial charge is 0.204 e. The van der Waals surface area contributed by atoms with Crippen molar-refractivity contribution in [2.75, 3.05) is 0 Å². The van der Waals surface area contributed by atoms with Gasteiger partial charge in [0.1, 0.15) is 0 Å². The average molecular weight is 368 g/mol. The molecule has 1 aliphatic heterocycles. The van der Waals surface area contributed by atoms with Crippen molar-refractivity contribution < 1.29 is 8.42 Å². The first-order chi connectivity index (χ1) is 12.5. The topological polar surface area (TPSA) is 37.4 Å². The highest BCUT2D eigenvalue weighted by Crippen LogP contribution is 2.28. The standard InChI is InChI=1S/C22H25NO2S/c1-18-10-9-15-22(26(24,25)21-13-7-4-8-14-21)17-23(19(18)2)16-20-11-5-3-6-12-20/h3-8,10-14,17,19H,9,15-16H2,1-2H3/b18-10-,22-17+. The zero-order chi connectivity index (χ0) is 18.6. The summed E-state index contributed by atoms with van der Waals surface area (Å²) in [6.45, 7) is 4.93. The summed E-state index contributed by atoms with van der Waals surface area (Å²) in [6.07, 6.45) is 5.28. The molecular weight excluding hydrogens is 342 g/mol. The summed E-state index contributed by atoms with van der Waals surface area (Å²) in [4.78, 5) is 2.98. The minimum absolute atomic E-state index is 0.150. The molecule has 0 spiro atoms. The van der Waals surface area contributed by atoms with Gasteiger partial charge in [-0.15, -0.1) is 0 Å². The van der Waals surface area contributed by atoms with Crippen LogP contribution in [0.3, 0.4) is 0 Å². The summed E-state index contributed by atoms with van der Waals surface area (Å²) >= 11 is 0. The second-order valence-corrected chi connectivity index (χ2v) is 8.74.